The van der Waals surface area contributed by atoms with E-state index >= 15 is 0 Å². The minimum atomic E-state index is -0.961. The zero-order chi connectivity index (χ0) is 18.7. The van der Waals surface area contributed by atoms with E-state index in [4.69, 9.17) is 4.74 Å². The average molecular weight is 359 g/mol. The Morgan fingerprint density at radius 2 is 1.85 bits per heavy atom. The third-order valence-electron chi connectivity index (χ3n) is 7.07. The van der Waals surface area contributed by atoms with Gasteiger partial charge in [-0.25, -0.2) is 4.39 Å². The van der Waals surface area contributed by atoms with Crippen molar-refractivity contribution in [2.75, 3.05) is 7.11 Å². The first-order valence-electron chi connectivity index (χ1n) is 9.86. The summed E-state index contributed by atoms with van der Waals surface area (Å²) in [4.78, 5) is 13.2. The summed E-state index contributed by atoms with van der Waals surface area (Å²) in [6.07, 6.45) is 4.15. The van der Waals surface area contributed by atoms with E-state index < -0.39 is 11.1 Å². The van der Waals surface area contributed by atoms with Crippen LogP contribution in [0, 0.1) is 24.7 Å². The lowest BCUT2D eigenvalue weighted by atomic mass is 9.53. The molecule has 0 aromatic heterocycles. The molecule has 4 saturated carbocycles. The summed E-state index contributed by atoms with van der Waals surface area (Å²) in [6.45, 7) is 5.94. The Morgan fingerprint density at radius 3 is 2.42 bits per heavy atom. The van der Waals surface area contributed by atoms with Crippen LogP contribution >= 0.6 is 0 Å². The second-order valence-electron chi connectivity index (χ2n) is 9.48. The first kappa shape index (κ1) is 17.8. The van der Waals surface area contributed by atoms with Gasteiger partial charge in [0, 0.05) is 6.04 Å². The molecule has 4 aliphatic carbocycles. The van der Waals surface area contributed by atoms with Gasteiger partial charge in [-0.2, -0.15) is 0 Å². The van der Waals surface area contributed by atoms with Crippen molar-refractivity contribution in [1.29, 1.82) is 0 Å². The quantitative estimate of drug-likeness (QED) is 0.870. The molecule has 26 heavy (non-hydrogen) atoms. The molecule has 2 atom stereocenters. The van der Waals surface area contributed by atoms with Gasteiger partial charge < -0.3 is 10.1 Å². The van der Waals surface area contributed by atoms with Crippen molar-refractivity contribution >= 4 is 5.91 Å². The number of hydrogen-bond donors (Lipinski definition) is 1. The second kappa shape index (κ2) is 5.97. The molecule has 1 amide bonds. The van der Waals surface area contributed by atoms with E-state index in [2.05, 4.69) is 11.4 Å². The molecule has 0 unspecified atom stereocenters. The summed E-state index contributed by atoms with van der Waals surface area (Å²) in [6, 6.07) is 6.10. The van der Waals surface area contributed by atoms with Gasteiger partial charge in [-0.15, -0.1) is 0 Å². The molecule has 142 valence electrons. The number of hydrogen-bond acceptors (Lipinski definition) is 2. The van der Waals surface area contributed by atoms with Crippen molar-refractivity contribution in [1.82, 2.24) is 5.32 Å². The van der Waals surface area contributed by atoms with Crippen molar-refractivity contribution < 1.29 is 13.9 Å². The van der Waals surface area contributed by atoms with E-state index in [-0.39, 0.29) is 11.9 Å². The molecule has 3 nitrogen and oxygen atoms in total. The van der Waals surface area contributed by atoms with Crippen LogP contribution in [0.3, 0.4) is 0 Å². The number of methoxy groups -OCH3 is 1. The Bertz CT molecular complexity index is 713. The van der Waals surface area contributed by atoms with Crippen LogP contribution in [0.4, 0.5) is 4.39 Å². The highest BCUT2D eigenvalue weighted by molar-refractivity contribution is 5.87. The first-order chi connectivity index (χ1) is 12.2. The highest BCUT2D eigenvalue weighted by atomic mass is 19.1. The lowest BCUT2D eigenvalue weighted by Gasteiger charge is -2.57. The third kappa shape index (κ3) is 2.91. The Labute approximate surface area is 155 Å². The van der Waals surface area contributed by atoms with Gasteiger partial charge in [-0.3, -0.25) is 4.79 Å². The van der Waals surface area contributed by atoms with Crippen molar-refractivity contribution in [3.63, 3.8) is 0 Å². The van der Waals surface area contributed by atoms with E-state index in [9.17, 15) is 9.18 Å². The smallest absolute Gasteiger partial charge is 0.230 e. The standard InChI is InChI=1S/C22H30FNO2/c1-13-5-17(9-18(6-13)26-4)21(2,3)20(25)24-19-15-7-14-8-16(19)12-22(23,10-14)11-15/h5-6,9,14-16,19H,7-8,10-12H2,1-4H3,(H,24,25)/t14?,15-,16-,19?,22?/m0/s1. The lowest BCUT2D eigenvalue weighted by molar-refractivity contribution is -0.134. The lowest BCUT2D eigenvalue weighted by Crippen LogP contribution is -2.61. The van der Waals surface area contributed by atoms with E-state index in [1.807, 2.05) is 32.9 Å². The molecule has 0 heterocycles. The molecule has 4 aliphatic rings. The first-order valence-corrected chi connectivity index (χ1v) is 9.86. The number of ether oxygens (including phenoxy) is 1. The summed E-state index contributed by atoms with van der Waals surface area (Å²) in [5.41, 5.74) is 0.422. The van der Waals surface area contributed by atoms with E-state index in [0.29, 0.717) is 30.6 Å². The maximum absolute atomic E-state index is 14.9. The van der Waals surface area contributed by atoms with Gasteiger partial charge >= 0.3 is 0 Å². The van der Waals surface area contributed by atoms with Crippen LogP contribution in [0.15, 0.2) is 18.2 Å². The number of alkyl halides is 1. The average Bonchev–Trinajstić information content (AvgIpc) is 2.55. The molecule has 0 spiro atoms. The van der Waals surface area contributed by atoms with Gasteiger partial charge in [0.15, 0.2) is 0 Å². The number of carbonyl (C=O) groups excluding carboxylic acids is 1. The maximum Gasteiger partial charge on any atom is 0.230 e. The molecule has 1 N–H and O–H groups in total. The fourth-order valence-corrected chi connectivity index (χ4v) is 5.85. The Balaban J connectivity index is 1.54. The highest BCUT2D eigenvalue weighted by Gasteiger charge is 2.56. The van der Waals surface area contributed by atoms with E-state index in [1.165, 1.54) is 0 Å². The molecule has 0 radical (unpaired) electrons. The Morgan fingerprint density at radius 1 is 1.19 bits per heavy atom. The van der Waals surface area contributed by atoms with Gasteiger partial charge in [-0.1, -0.05) is 6.07 Å². The number of carbonyl (C=O) groups is 1. The monoisotopic (exact) mass is 359 g/mol. The SMILES string of the molecule is COc1cc(C)cc(C(C)(C)C(=O)NC2[C@H]3CC4C[C@H]2CC(F)(C4)C3)c1. The maximum atomic E-state index is 14.9. The minimum Gasteiger partial charge on any atom is -0.497 e. The van der Waals surface area contributed by atoms with Gasteiger partial charge in [0.2, 0.25) is 5.91 Å². The number of amides is 1. The molecule has 1 aromatic rings. The summed E-state index contributed by atoms with van der Waals surface area (Å²) >= 11 is 0. The molecule has 5 rings (SSSR count). The molecular formula is C22H30FNO2. The van der Waals surface area contributed by atoms with Crippen molar-refractivity contribution in [2.24, 2.45) is 17.8 Å². The van der Waals surface area contributed by atoms with Gasteiger partial charge in [0.1, 0.15) is 11.4 Å². The topological polar surface area (TPSA) is 38.3 Å². The molecule has 4 bridgehead atoms. The van der Waals surface area contributed by atoms with Crippen LogP contribution < -0.4 is 10.1 Å². The van der Waals surface area contributed by atoms with Crippen molar-refractivity contribution in [3.8, 4) is 5.75 Å². The predicted molar refractivity (Wildman–Crippen MR) is 100 cm³/mol. The van der Waals surface area contributed by atoms with E-state index in [1.54, 1.807) is 7.11 Å². The van der Waals surface area contributed by atoms with E-state index in [0.717, 1.165) is 36.1 Å². The Kier molecular flexibility index (Phi) is 4.09. The molecule has 4 heteroatoms. The zero-order valence-corrected chi connectivity index (χ0v) is 16.3. The number of aryl methyl sites for hydroxylation is 1. The molecular weight excluding hydrogens is 329 g/mol. The fraction of sp³-hybridized carbons (Fsp3) is 0.682. The third-order valence-corrected chi connectivity index (χ3v) is 7.07. The number of benzene rings is 1. The summed E-state index contributed by atoms with van der Waals surface area (Å²) < 4.78 is 20.3. The molecule has 0 saturated heterocycles. The molecule has 0 aliphatic heterocycles. The zero-order valence-electron chi connectivity index (χ0n) is 16.3. The van der Waals surface area contributed by atoms with Crippen molar-refractivity contribution in [2.45, 2.75) is 70.0 Å². The van der Waals surface area contributed by atoms with Gasteiger partial charge in [0.05, 0.1) is 12.5 Å². The minimum absolute atomic E-state index is 0.0375. The fourth-order valence-electron chi connectivity index (χ4n) is 5.85. The van der Waals surface area contributed by atoms with Crippen LogP contribution in [-0.4, -0.2) is 24.7 Å². The van der Waals surface area contributed by atoms with Crippen LogP contribution in [0.5, 0.6) is 5.75 Å². The largest absolute Gasteiger partial charge is 0.497 e. The van der Waals surface area contributed by atoms with Crippen LogP contribution in [0.2, 0.25) is 0 Å². The summed E-state index contributed by atoms with van der Waals surface area (Å²) in [7, 11) is 1.65. The Hall–Kier alpha value is -1.58. The molecule has 4 fully saturated rings. The molecule has 1 aromatic carbocycles. The van der Waals surface area contributed by atoms with Crippen LogP contribution in [-0.2, 0) is 10.2 Å². The summed E-state index contributed by atoms with van der Waals surface area (Å²) in [5, 5.41) is 3.33. The number of halogens is 1. The second-order valence-corrected chi connectivity index (χ2v) is 9.48. The van der Waals surface area contributed by atoms with Crippen LogP contribution in [0.25, 0.3) is 0 Å². The number of nitrogens with one attached hydrogen (secondary N) is 1. The number of rotatable bonds is 4. The van der Waals surface area contributed by atoms with Crippen LogP contribution in [0.1, 0.15) is 57.1 Å². The van der Waals surface area contributed by atoms with Gasteiger partial charge in [0.25, 0.3) is 0 Å². The van der Waals surface area contributed by atoms with Gasteiger partial charge in [-0.05, 0) is 93.9 Å². The highest BCUT2D eigenvalue weighted by Crippen LogP contribution is 2.57. The predicted octanol–water partition coefficient (Wildman–Crippen LogP) is 4.31. The normalized spacial score (nSPS) is 35.4. The van der Waals surface area contributed by atoms with Crippen molar-refractivity contribution in [3.05, 3.63) is 29.3 Å². The summed E-state index contributed by atoms with van der Waals surface area (Å²) in [5.74, 6) is 1.95.